The van der Waals surface area contributed by atoms with Crippen molar-refractivity contribution in [1.29, 1.82) is 0 Å². The Morgan fingerprint density at radius 1 is 1.00 bits per heavy atom. The van der Waals surface area contributed by atoms with Crippen LogP contribution >= 0.6 is 11.6 Å². The van der Waals surface area contributed by atoms with E-state index in [1.165, 1.54) is 47.6 Å². The van der Waals surface area contributed by atoms with Gasteiger partial charge in [0.05, 0.1) is 16.3 Å². The largest absolute Gasteiger partial charge is 0.478 e. The topological polar surface area (TPSA) is 134 Å². The van der Waals surface area contributed by atoms with Gasteiger partial charge >= 0.3 is 5.97 Å². The number of oxime groups is 1. The van der Waals surface area contributed by atoms with Crippen LogP contribution in [0.15, 0.2) is 84.5 Å². The number of nitrogens with one attached hydrogen (secondary N) is 1. The van der Waals surface area contributed by atoms with E-state index in [-0.39, 0.29) is 34.8 Å². The van der Waals surface area contributed by atoms with E-state index < -0.39 is 35.7 Å². The molecule has 0 fully saturated rings. The molecule has 43 heavy (non-hydrogen) atoms. The van der Waals surface area contributed by atoms with E-state index in [1.807, 2.05) is 6.07 Å². The predicted molar refractivity (Wildman–Crippen MR) is 155 cm³/mol. The highest BCUT2D eigenvalue weighted by Crippen LogP contribution is 2.38. The molecule has 6 rings (SSSR count). The lowest BCUT2D eigenvalue weighted by Gasteiger charge is -2.38. The second-order valence-electron chi connectivity index (χ2n) is 9.99. The molecule has 2 aliphatic heterocycles. The smallest absolute Gasteiger partial charge is 0.335 e. The number of rotatable bonds is 6. The lowest BCUT2D eigenvalue weighted by Crippen LogP contribution is -2.49. The average Bonchev–Trinajstić information content (AvgIpc) is 3.52. The minimum atomic E-state index is -1.09. The van der Waals surface area contributed by atoms with Crippen molar-refractivity contribution in [2.45, 2.75) is 25.0 Å². The van der Waals surface area contributed by atoms with Gasteiger partial charge in [-0.25, -0.2) is 19.2 Å². The first-order valence-corrected chi connectivity index (χ1v) is 13.7. The minimum Gasteiger partial charge on any atom is -0.478 e. The van der Waals surface area contributed by atoms with Crippen molar-refractivity contribution in [3.05, 3.63) is 112 Å². The standard InChI is InChI=1S/C31H23ClFN5O5/c32-24-6-2-5-23(27(24)33)25-13-26(43-37-25)30(40)38-12-11-21-20(18-14-34-16-35-15-18)3-1-4-22(21)28(38)29(39)36-19-9-7-17(8-10-19)31(41)42/h1-10,14-16,26,28H,11-13H2,(H,36,39)(H,41,42). The normalized spacial score (nSPS) is 17.4. The minimum absolute atomic E-state index is 0.00810. The number of carboxylic acids is 1. The summed E-state index contributed by atoms with van der Waals surface area (Å²) >= 11 is 5.94. The van der Waals surface area contributed by atoms with E-state index in [0.29, 0.717) is 17.7 Å². The number of benzene rings is 3. The van der Waals surface area contributed by atoms with Crippen LogP contribution in [0.2, 0.25) is 5.02 Å². The van der Waals surface area contributed by atoms with Crippen molar-refractivity contribution in [3.8, 4) is 11.1 Å². The van der Waals surface area contributed by atoms with Gasteiger partial charge < -0.3 is 20.2 Å². The fraction of sp³-hybridized carbons (Fsp3) is 0.161. The Morgan fingerprint density at radius 3 is 2.47 bits per heavy atom. The number of carboxylic acid groups (broad SMARTS) is 1. The van der Waals surface area contributed by atoms with Gasteiger partial charge in [-0.2, -0.15) is 0 Å². The fourth-order valence-electron chi connectivity index (χ4n) is 5.39. The summed E-state index contributed by atoms with van der Waals surface area (Å²) in [5, 5.41) is 15.9. The lowest BCUT2D eigenvalue weighted by molar-refractivity contribution is -0.148. The Kier molecular flexibility index (Phi) is 7.56. The molecule has 0 saturated heterocycles. The molecular weight excluding hydrogens is 577 g/mol. The number of aromatic nitrogens is 2. The monoisotopic (exact) mass is 599 g/mol. The molecular formula is C31H23ClFN5O5. The summed E-state index contributed by atoms with van der Waals surface area (Å²) in [6, 6.07) is 14.7. The van der Waals surface area contributed by atoms with Crippen molar-refractivity contribution in [1.82, 2.24) is 14.9 Å². The second kappa shape index (κ2) is 11.6. The number of amides is 2. The maximum absolute atomic E-state index is 14.7. The molecule has 4 aromatic rings. The Balaban J connectivity index is 1.32. The molecule has 2 atom stereocenters. The van der Waals surface area contributed by atoms with Crippen molar-refractivity contribution in [3.63, 3.8) is 0 Å². The van der Waals surface area contributed by atoms with Crippen molar-refractivity contribution >= 4 is 40.8 Å². The number of aromatic carboxylic acids is 1. The van der Waals surface area contributed by atoms with Gasteiger partial charge in [-0.05, 0) is 59.5 Å². The van der Waals surface area contributed by atoms with Gasteiger partial charge in [-0.3, -0.25) is 9.59 Å². The summed E-state index contributed by atoms with van der Waals surface area (Å²) in [7, 11) is 0. The number of anilines is 1. The molecule has 2 N–H and O–H groups in total. The van der Waals surface area contributed by atoms with E-state index in [2.05, 4.69) is 20.4 Å². The molecule has 3 aromatic carbocycles. The van der Waals surface area contributed by atoms with Gasteiger partial charge in [0.2, 0.25) is 6.10 Å². The maximum Gasteiger partial charge on any atom is 0.335 e. The zero-order valence-corrected chi connectivity index (χ0v) is 23.2. The SMILES string of the molecule is O=C(O)c1ccc(NC(=O)C2c3cccc(-c4cncnc4)c3CCN2C(=O)C2CC(c3cccc(Cl)c3F)=NO2)cc1. The molecule has 12 heteroatoms. The maximum atomic E-state index is 14.7. The van der Waals surface area contributed by atoms with Gasteiger partial charge in [0.15, 0.2) is 5.82 Å². The fourth-order valence-corrected chi connectivity index (χ4v) is 5.56. The lowest BCUT2D eigenvalue weighted by atomic mass is 9.86. The molecule has 2 amide bonds. The molecule has 10 nitrogen and oxygen atoms in total. The molecule has 0 spiro atoms. The molecule has 0 saturated carbocycles. The van der Waals surface area contributed by atoms with Crippen LogP contribution in [0.4, 0.5) is 10.1 Å². The summed E-state index contributed by atoms with van der Waals surface area (Å²) in [4.78, 5) is 54.3. The Morgan fingerprint density at radius 2 is 1.72 bits per heavy atom. The summed E-state index contributed by atoms with van der Waals surface area (Å²) < 4.78 is 14.7. The molecule has 0 bridgehead atoms. The number of nitrogens with zero attached hydrogens (tertiary/aromatic N) is 4. The highest BCUT2D eigenvalue weighted by molar-refractivity contribution is 6.31. The van der Waals surface area contributed by atoms with Crippen molar-refractivity contribution in [2.24, 2.45) is 5.16 Å². The number of carbonyl (C=O) groups excluding carboxylic acids is 2. The van der Waals surface area contributed by atoms with Crippen LogP contribution in [0.5, 0.6) is 0 Å². The third-order valence-corrected chi connectivity index (χ3v) is 7.72. The third-order valence-electron chi connectivity index (χ3n) is 7.43. The summed E-state index contributed by atoms with van der Waals surface area (Å²) in [6.45, 7) is 0.188. The average molecular weight is 600 g/mol. The van der Waals surface area contributed by atoms with Gasteiger partial charge in [-0.15, -0.1) is 0 Å². The third kappa shape index (κ3) is 5.42. The van der Waals surface area contributed by atoms with E-state index in [9.17, 15) is 23.9 Å². The van der Waals surface area contributed by atoms with Crippen LogP contribution < -0.4 is 5.32 Å². The van der Waals surface area contributed by atoms with Crippen LogP contribution in [0, 0.1) is 5.82 Å². The first-order chi connectivity index (χ1) is 20.8. The number of hydrogen-bond donors (Lipinski definition) is 2. The summed E-state index contributed by atoms with van der Waals surface area (Å²) in [6.07, 6.45) is 4.14. The molecule has 1 aromatic heterocycles. The van der Waals surface area contributed by atoms with Crippen molar-refractivity contribution in [2.75, 3.05) is 11.9 Å². The number of halogens is 2. The Hall–Kier alpha value is -5.16. The van der Waals surface area contributed by atoms with Gasteiger partial charge in [-0.1, -0.05) is 41.0 Å². The van der Waals surface area contributed by atoms with E-state index in [4.69, 9.17) is 16.4 Å². The molecule has 2 aliphatic rings. The highest BCUT2D eigenvalue weighted by atomic mass is 35.5. The van der Waals surface area contributed by atoms with E-state index in [1.54, 1.807) is 30.6 Å². The van der Waals surface area contributed by atoms with Crippen LogP contribution in [-0.2, 0) is 20.8 Å². The molecule has 216 valence electrons. The summed E-state index contributed by atoms with van der Waals surface area (Å²) in [5.74, 6) is -2.74. The van der Waals surface area contributed by atoms with Gasteiger partial charge in [0, 0.05) is 42.2 Å². The van der Waals surface area contributed by atoms with Gasteiger partial charge in [0.1, 0.15) is 12.4 Å². The zero-order valence-electron chi connectivity index (χ0n) is 22.4. The van der Waals surface area contributed by atoms with Gasteiger partial charge in [0.25, 0.3) is 11.8 Å². The highest BCUT2D eigenvalue weighted by Gasteiger charge is 2.42. The molecule has 0 aliphatic carbocycles. The Bertz CT molecular complexity index is 1770. The second-order valence-corrected chi connectivity index (χ2v) is 10.4. The first-order valence-electron chi connectivity index (χ1n) is 13.3. The van der Waals surface area contributed by atoms with Crippen LogP contribution in [-0.4, -0.2) is 56.1 Å². The molecule has 0 radical (unpaired) electrons. The number of carbonyl (C=O) groups is 3. The first kappa shape index (κ1) is 28.0. The molecule has 2 unspecified atom stereocenters. The number of hydrogen-bond acceptors (Lipinski definition) is 7. The number of fused-ring (bicyclic) bond motifs is 1. The molecule has 3 heterocycles. The zero-order chi connectivity index (χ0) is 30.1. The predicted octanol–water partition coefficient (Wildman–Crippen LogP) is 4.89. The van der Waals surface area contributed by atoms with Crippen LogP contribution in [0.3, 0.4) is 0 Å². The van der Waals surface area contributed by atoms with Crippen molar-refractivity contribution < 1.29 is 28.7 Å². The van der Waals surface area contributed by atoms with E-state index >= 15 is 0 Å². The van der Waals surface area contributed by atoms with Crippen LogP contribution in [0.1, 0.15) is 39.5 Å². The van der Waals surface area contributed by atoms with E-state index in [0.717, 1.165) is 16.7 Å². The van der Waals surface area contributed by atoms with Crippen LogP contribution in [0.25, 0.3) is 11.1 Å². The quantitative estimate of drug-likeness (QED) is 0.322. The summed E-state index contributed by atoms with van der Waals surface area (Å²) in [5.41, 5.74) is 3.89. The Labute approximate surface area is 249 Å².